The summed E-state index contributed by atoms with van der Waals surface area (Å²) in [5.74, 6) is 0.105. The predicted molar refractivity (Wildman–Crippen MR) is 105 cm³/mol. The van der Waals surface area contributed by atoms with Crippen molar-refractivity contribution in [3.8, 4) is 5.82 Å². The fraction of sp³-hybridized carbons (Fsp3) is 0.300. The van der Waals surface area contributed by atoms with E-state index in [4.69, 9.17) is 0 Å². The van der Waals surface area contributed by atoms with Crippen molar-refractivity contribution in [2.24, 2.45) is 7.05 Å². The molecule has 1 aliphatic heterocycles. The second-order valence-corrected chi connectivity index (χ2v) is 6.82. The number of hydrogen-bond donors (Lipinski definition) is 1. The van der Waals surface area contributed by atoms with Gasteiger partial charge in [-0.25, -0.2) is 9.36 Å². The summed E-state index contributed by atoms with van der Waals surface area (Å²) in [4.78, 5) is 27.4. The maximum atomic E-state index is 12.9. The molecule has 0 spiro atoms. The lowest BCUT2D eigenvalue weighted by Crippen LogP contribution is -2.42. The highest BCUT2D eigenvalue weighted by atomic mass is 16.2. The van der Waals surface area contributed by atoms with Crippen LogP contribution in [0.15, 0.2) is 42.7 Å². The normalized spacial score (nSPS) is 13.3. The number of fused-ring (bicyclic) bond motifs is 1. The van der Waals surface area contributed by atoms with Gasteiger partial charge in [-0.05, 0) is 37.5 Å². The first-order valence-electron chi connectivity index (χ1n) is 9.26. The summed E-state index contributed by atoms with van der Waals surface area (Å²) >= 11 is 0. The first-order valence-corrected chi connectivity index (χ1v) is 9.26. The van der Waals surface area contributed by atoms with Gasteiger partial charge < -0.3 is 10.2 Å². The van der Waals surface area contributed by atoms with Crippen LogP contribution in [0.1, 0.15) is 28.0 Å². The van der Waals surface area contributed by atoms with Crippen LogP contribution in [0.25, 0.3) is 5.82 Å². The highest BCUT2D eigenvalue weighted by Gasteiger charge is 2.25. The van der Waals surface area contributed by atoms with Crippen molar-refractivity contribution >= 4 is 17.5 Å². The average molecular weight is 378 g/mol. The standard InChI is InChI=1S/C20H22N6O2/c1-14-18(20(24(2)23-14)26-12-6-10-22-26)19(28)21-13-17(27)25-11-5-8-15-7-3-4-9-16(15)25/h3-4,6-7,9-10,12H,5,8,11,13H2,1-2H3,(H,21,28). The van der Waals surface area contributed by atoms with Gasteiger partial charge in [0.2, 0.25) is 5.91 Å². The van der Waals surface area contributed by atoms with Gasteiger partial charge in [0.05, 0.1) is 12.2 Å². The molecule has 0 fully saturated rings. The molecule has 4 rings (SSSR count). The van der Waals surface area contributed by atoms with Gasteiger partial charge >= 0.3 is 0 Å². The van der Waals surface area contributed by atoms with Crippen molar-refractivity contribution in [2.45, 2.75) is 19.8 Å². The molecule has 2 amide bonds. The Morgan fingerprint density at radius 1 is 1.21 bits per heavy atom. The first kappa shape index (κ1) is 18.0. The van der Waals surface area contributed by atoms with Crippen molar-refractivity contribution in [3.63, 3.8) is 0 Å². The number of nitrogens with one attached hydrogen (secondary N) is 1. The monoisotopic (exact) mass is 378 g/mol. The minimum absolute atomic E-state index is 0.0694. The van der Waals surface area contributed by atoms with Crippen LogP contribution in [0.5, 0.6) is 0 Å². The zero-order valence-corrected chi connectivity index (χ0v) is 15.9. The molecule has 0 radical (unpaired) electrons. The summed E-state index contributed by atoms with van der Waals surface area (Å²) in [5, 5.41) is 11.3. The second kappa shape index (κ2) is 7.30. The number of para-hydroxylation sites is 1. The molecular weight excluding hydrogens is 356 g/mol. The smallest absolute Gasteiger partial charge is 0.257 e. The average Bonchev–Trinajstić information content (AvgIpc) is 3.32. The quantitative estimate of drug-likeness (QED) is 0.748. The largest absolute Gasteiger partial charge is 0.343 e. The molecule has 1 N–H and O–H groups in total. The molecule has 8 nitrogen and oxygen atoms in total. The maximum Gasteiger partial charge on any atom is 0.257 e. The molecule has 0 saturated heterocycles. The van der Waals surface area contributed by atoms with E-state index in [-0.39, 0.29) is 18.4 Å². The summed E-state index contributed by atoms with van der Waals surface area (Å²) < 4.78 is 3.21. The third-order valence-corrected chi connectivity index (χ3v) is 4.95. The molecule has 3 heterocycles. The molecule has 144 valence electrons. The van der Waals surface area contributed by atoms with E-state index in [0.717, 1.165) is 24.1 Å². The number of amides is 2. The van der Waals surface area contributed by atoms with Crippen molar-refractivity contribution in [3.05, 3.63) is 59.5 Å². The summed E-state index contributed by atoms with van der Waals surface area (Å²) in [6.07, 6.45) is 5.28. The van der Waals surface area contributed by atoms with E-state index in [2.05, 4.69) is 15.5 Å². The van der Waals surface area contributed by atoms with Crippen LogP contribution in [0.4, 0.5) is 5.69 Å². The van der Waals surface area contributed by atoms with Crippen LogP contribution < -0.4 is 10.2 Å². The van der Waals surface area contributed by atoms with Gasteiger partial charge in [-0.2, -0.15) is 10.2 Å². The third-order valence-electron chi connectivity index (χ3n) is 4.95. The minimum atomic E-state index is -0.338. The zero-order chi connectivity index (χ0) is 19.7. The molecule has 8 heteroatoms. The number of anilines is 1. The minimum Gasteiger partial charge on any atom is -0.343 e. The fourth-order valence-electron chi connectivity index (χ4n) is 3.70. The van der Waals surface area contributed by atoms with Gasteiger partial charge in [-0.3, -0.25) is 9.59 Å². The topological polar surface area (TPSA) is 85.0 Å². The van der Waals surface area contributed by atoms with Gasteiger partial charge in [0, 0.05) is 31.7 Å². The van der Waals surface area contributed by atoms with Gasteiger partial charge in [-0.15, -0.1) is 0 Å². The molecule has 0 aliphatic carbocycles. The van der Waals surface area contributed by atoms with Crippen molar-refractivity contribution in [1.29, 1.82) is 0 Å². The van der Waals surface area contributed by atoms with Crippen molar-refractivity contribution in [2.75, 3.05) is 18.0 Å². The molecule has 0 bridgehead atoms. The number of aryl methyl sites for hydroxylation is 3. The maximum absolute atomic E-state index is 12.9. The Morgan fingerprint density at radius 2 is 2.04 bits per heavy atom. The molecule has 0 saturated carbocycles. The summed E-state index contributed by atoms with van der Waals surface area (Å²) in [6, 6.07) is 9.69. The van der Waals surface area contributed by atoms with E-state index in [1.807, 2.05) is 24.3 Å². The number of rotatable bonds is 4. The van der Waals surface area contributed by atoms with Gasteiger partial charge in [0.1, 0.15) is 5.56 Å². The second-order valence-electron chi connectivity index (χ2n) is 6.82. The third kappa shape index (κ3) is 3.17. The number of aromatic nitrogens is 4. The summed E-state index contributed by atoms with van der Waals surface area (Å²) in [7, 11) is 1.76. The predicted octanol–water partition coefficient (Wildman–Crippen LogP) is 1.62. The fourth-order valence-corrected chi connectivity index (χ4v) is 3.70. The number of carbonyl (C=O) groups excluding carboxylic acids is 2. The van der Waals surface area contributed by atoms with Crippen molar-refractivity contribution < 1.29 is 9.59 Å². The molecule has 28 heavy (non-hydrogen) atoms. The van der Waals surface area contributed by atoms with E-state index in [1.54, 1.807) is 46.7 Å². The molecule has 0 unspecified atom stereocenters. The van der Waals surface area contributed by atoms with Crippen LogP contribution in [0.2, 0.25) is 0 Å². The lowest BCUT2D eigenvalue weighted by Gasteiger charge is -2.29. The number of benzene rings is 1. The summed E-state index contributed by atoms with van der Waals surface area (Å²) in [5.41, 5.74) is 3.10. The first-order chi connectivity index (χ1) is 13.6. The molecule has 3 aromatic rings. The molecule has 1 aromatic carbocycles. The Labute approximate surface area is 162 Å². The van der Waals surface area contributed by atoms with Crippen LogP contribution in [0, 0.1) is 6.92 Å². The molecule has 0 atom stereocenters. The Bertz CT molecular complexity index is 1020. The van der Waals surface area contributed by atoms with E-state index >= 15 is 0 Å². The van der Waals surface area contributed by atoms with E-state index in [0.29, 0.717) is 23.6 Å². The van der Waals surface area contributed by atoms with Crippen LogP contribution in [-0.4, -0.2) is 44.5 Å². The molecule has 2 aromatic heterocycles. The number of carbonyl (C=O) groups is 2. The highest BCUT2D eigenvalue weighted by molar-refractivity contribution is 6.02. The highest BCUT2D eigenvalue weighted by Crippen LogP contribution is 2.26. The van der Waals surface area contributed by atoms with Gasteiger partial charge in [0.15, 0.2) is 5.82 Å². The van der Waals surface area contributed by atoms with Gasteiger partial charge in [0.25, 0.3) is 5.91 Å². The SMILES string of the molecule is Cc1nn(C)c(-n2cccn2)c1C(=O)NCC(=O)N1CCCc2ccccc21. The van der Waals surface area contributed by atoms with Gasteiger partial charge in [-0.1, -0.05) is 18.2 Å². The zero-order valence-electron chi connectivity index (χ0n) is 15.9. The Hall–Kier alpha value is -3.42. The van der Waals surface area contributed by atoms with Crippen LogP contribution in [-0.2, 0) is 18.3 Å². The van der Waals surface area contributed by atoms with Crippen molar-refractivity contribution in [1.82, 2.24) is 24.9 Å². The Kier molecular flexibility index (Phi) is 4.68. The molecule has 1 aliphatic rings. The number of hydrogen-bond acceptors (Lipinski definition) is 4. The summed E-state index contributed by atoms with van der Waals surface area (Å²) in [6.45, 7) is 2.36. The number of nitrogens with zero attached hydrogens (tertiary/aromatic N) is 5. The Balaban J connectivity index is 1.51. The lowest BCUT2D eigenvalue weighted by atomic mass is 10.0. The lowest BCUT2D eigenvalue weighted by molar-refractivity contribution is -0.117. The van der Waals surface area contributed by atoms with E-state index < -0.39 is 0 Å². The molecular formula is C20H22N6O2. The van der Waals surface area contributed by atoms with Crippen LogP contribution >= 0.6 is 0 Å². The van der Waals surface area contributed by atoms with E-state index in [1.165, 1.54) is 0 Å². The van der Waals surface area contributed by atoms with E-state index in [9.17, 15) is 9.59 Å². The van der Waals surface area contributed by atoms with Crippen LogP contribution in [0.3, 0.4) is 0 Å². The Morgan fingerprint density at radius 3 is 2.82 bits per heavy atom.